The molecule has 3 heterocycles. The molecule has 0 atom stereocenters. The van der Waals surface area contributed by atoms with E-state index in [0.717, 1.165) is 6.54 Å². The van der Waals surface area contributed by atoms with Gasteiger partial charge in [-0.2, -0.15) is 0 Å². The number of allylic oxidation sites excluding steroid dienone is 1. The van der Waals surface area contributed by atoms with Gasteiger partial charge in [-0.1, -0.05) is 30.4 Å². The van der Waals surface area contributed by atoms with E-state index >= 15 is 0 Å². The van der Waals surface area contributed by atoms with Crippen LogP contribution in [0.15, 0.2) is 42.7 Å². The molecular weight excluding hydrogens is 196 g/mol. The Balaban J connectivity index is 2.39. The van der Waals surface area contributed by atoms with Crippen LogP contribution in [0.2, 0.25) is 0 Å². The van der Waals surface area contributed by atoms with Crippen LogP contribution in [0.25, 0.3) is 27.9 Å². The fraction of sp³-hybridized carbons (Fsp3) is 0.0714. The molecule has 0 spiro atoms. The number of hydrogen-bond donors (Lipinski definition) is 0. The lowest BCUT2D eigenvalue weighted by atomic mass is 10.1. The Hall–Kier alpha value is -2.09. The lowest BCUT2D eigenvalue weighted by Gasteiger charge is -2.10. The van der Waals surface area contributed by atoms with E-state index < -0.39 is 0 Å². The molecule has 2 aromatic heterocycles. The van der Waals surface area contributed by atoms with Crippen molar-refractivity contribution >= 4 is 27.9 Å². The molecule has 0 saturated heterocycles. The van der Waals surface area contributed by atoms with Gasteiger partial charge in [0.2, 0.25) is 0 Å². The summed E-state index contributed by atoms with van der Waals surface area (Å²) < 4.78 is 2.36. The predicted octanol–water partition coefficient (Wildman–Crippen LogP) is 3.22. The summed E-state index contributed by atoms with van der Waals surface area (Å²) in [6, 6.07) is 8.56. The summed E-state index contributed by atoms with van der Waals surface area (Å²) >= 11 is 0. The van der Waals surface area contributed by atoms with E-state index in [1.54, 1.807) is 0 Å². The van der Waals surface area contributed by atoms with Gasteiger partial charge < -0.3 is 4.57 Å². The zero-order chi connectivity index (χ0) is 10.5. The summed E-state index contributed by atoms with van der Waals surface area (Å²) in [7, 11) is 0. The normalized spacial score (nSPS) is 13.8. The zero-order valence-electron chi connectivity index (χ0n) is 8.72. The average Bonchev–Trinajstić information content (AvgIpc) is 2.68. The number of benzene rings is 1. The topological polar surface area (TPSA) is 17.8 Å². The fourth-order valence-electron chi connectivity index (χ4n) is 2.64. The molecular formula is C14H10N2. The molecule has 16 heavy (non-hydrogen) atoms. The second kappa shape index (κ2) is 2.73. The van der Waals surface area contributed by atoms with Gasteiger partial charge in [-0.05, 0) is 11.6 Å². The highest BCUT2D eigenvalue weighted by Crippen LogP contribution is 2.32. The first kappa shape index (κ1) is 8.11. The number of pyridine rings is 1. The molecule has 1 aliphatic rings. The summed E-state index contributed by atoms with van der Waals surface area (Å²) in [4.78, 5) is 4.23. The lowest BCUT2D eigenvalue weighted by Crippen LogP contribution is -1.99. The van der Waals surface area contributed by atoms with Crippen molar-refractivity contribution in [1.29, 1.82) is 0 Å². The van der Waals surface area contributed by atoms with Gasteiger partial charge in [0.15, 0.2) is 0 Å². The Kier molecular flexibility index (Phi) is 1.38. The molecule has 2 heteroatoms. The second-order valence-corrected chi connectivity index (χ2v) is 4.15. The molecule has 4 rings (SSSR count). The quantitative estimate of drug-likeness (QED) is 0.552. The maximum atomic E-state index is 4.23. The summed E-state index contributed by atoms with van der Waals surface area (Å²) in [6.07, 6.45) is 8.24. The average molecular weight is 206 g/mol. The number of hydrogen-bond acceptors (Lipinski definition) is 1. The summed E-state index contributed by atoms with van der Waals surface area (Å²) in [5.74, 6) is 0. The number of para-hydroxylation sites is 1. The third-order valence-corrected chi connectivity index (χ3v) is 3.30. The largest absolute Gasteiger partial charge is 0.336 e. The van der Waals surface area contributed by atoms with Crippen molar-refractivity contribution < 1.29 is 0 Å². The van der Waals surface area contributed by atoms with Gasteiger partial charge in [0.1, 0.15) is 0 Å². The van der Waals surface area contributed by atoms with Crippen molar-refractivity contribution in [2.24, 2.45) is 0 Å². The van der Waals surface area contributed by atoms with Crippen LogP contribution >= 0.6 is 0 Å². The van der Waals surface area contributed by atoms with Gasteiger partial charge in [0.25, 0.3) is 0 Å². The van der Waals surface area contributed by atoms with Gasteiger partial charge in [-0.3, -0.25) is 4.98 Å². The van der Waals surface area contributed by atoms with Crippen molar-refractivity contribution in [3.05, 3.63) is 48.3 Å². The van der Waals surface area contributed by atoms with Crippen molar-refractivity contribution in [3.63, 3.8) is 0 Å². The summed E-state index contributed by atoms with van der Waals surface area (Å²) in [5, 5.41) is 2.56. The molecule has 0 radical (unpaired) electrons. The molecule has 0 N–H and O–H groups in total. The molecule has 0 bridgehead atoms. The van der Waals surface area contributed by atoms with E-state index in [2.05, 4.69) is 46.0 Å². The second-order valence-electron chi connectivity index (χ2n) is 4.15. The molecule has 1 aliphatic heterocycles. The highest BCUT2D eigenvalue weighted by molar-refractivity contribution is 6.10. The highest BCUT2D eigenvalue weighted by atomic mass is 15.0. The van der Waals surface area contributed by atoms with Gasteiger partial charge in [0.05, 0.1) is 11.0 Å². The Bertz CT molecular complexity index is 735. The number of aromatic nitrogens is 2. The van der Waals surface area contributed by atoms with E-state index in [0.29, 0.717) is 0 Å². The standard InChI is InChI=1S/C14H10N2/c1-3-10-4-2-8-16-13-6-7-15-9-12(13)11(5-1)14(10)16/h1-7,9H,8H2. The molecule has 0 amide bonds. The van der Waals surface area contributed by atoms with Crippen LogP contribution in [0.4, 0.5) is 0 Å². The molecule has 0 fully saturated rings. The van der Waals surface area contributed by atoms with Gasteiger partial charge in [-0.15, -0.1) is 0 Å². The minimum Gasteiger partial charge on any atom is -0.336 e. The number of rotatable bonds is 0. The molecule has 1 aromatic carbocycles. The molecule has 3 aromatic rings. The van der Waals surface area contributed by atoms with Crippen molar-refractivity contribution in [2.75, 3.05) is 0 Å². The summed E-state index contributed by atoms with van der Waals surface area (Å²) in [6.45, 7) is 0.959. The molecule has 0 saturated carbocycles. The Morgan fingerprint density at radius 2 is 2.12 bits per heavy atom. The van der Waals surface area contributed by atoms with Gasteiger partial charge >= 0.3 is 0 Å². The minimum atomic E-state index is 0.959. The van der Waals surface area contributed by atoms with Crippen LogP contribution in [-0.2, 0) is 6.54 Å². The van der Waals surface area contributed by atoms with Crippen molar-refractivity contribution in [1.82, 2.24) is 9.55 Å². The van der Waals surface area contributed by atoms with Gasteiger partial charge in [0, 0.05) is 29.7 Å². The molecule has 2 nitrogen and oxygen atoms in total. The summed E-state index contributed by atoms with van der Waals surface area (Å²) in [5.41, 5.74) is 3.93. The van der Waals surface area contributed by atoms with E-state index in [4.69, 9.17) is 0 Å². The van der Waals surface area contributed by atoms with Crippen LogP contribution in [0.5, 0.6) is 0 Å². The Labute approximate surface area is 92.8 Å². The first-order chi connectivity index (χ1) is 7.95. The number of nitrogens with zero attached hydrogens (tertiary/aromatic N) is 2. The predicted molar refractivity (Wildman–Crippen MR) is 66.3 cm³/mol. The molecule has 76 valence electrons. The Morgan fingerprint density at radius 1 is 1.12 bits per heavy atom. The third kappa shape index (κ3) is 0.847. The van der Waals surface area contributed by atoms with Crippen LogP contribution in [-0.4, -0.2) is 9.55 Å². The maximum Gasteiger partial charge on any atom is 0.0568 e. The van der Waals surface area contributed by atoms with Crippen molar-refractivity contribution in [2.45, 2.75) is 6.54 Å². The molecule has 0 unspecified atom stereocenters. The minimum absolute atomic E-state index is 0.959. The third-order valence-electron chi connectivity index (χ3n) is 3.30. The van der Waals surface area contributed by atoms with Crippen LogP contribution in [0.1, 0.15) is 5.56 Å². The smallest absolute Gasteiger partial charge is 0.0568 e. The van der Waals surface area contributed by atoms with E-state index in [9.17, 15) is 0 Å². The monoisotopic (exact) mass is 206 g/mol. The SMILES string of the molecule is C1=Cc2cccc3c4cnccc4n(c23)C1. The van der Waals surface area contributed by atoms with Crippen LogP contribution in [0.3, 0.4) is 0 Å². The maximum absolute atomic E-state index is 4.23. The van der Waals surface area contributed by atoms with Crippen LogP contribution in [0, 0.1) is 0 Å². The number of fused-ring (bicyclic) bond motifs is 3. The Morgan fingerprint density at radius 3 is 3.12 bits per heavy atom. The van der Waals surface area contributed by atoms with Crippen LogP contribution < -0.4 is 0 Å². The van der Waals surface area contributed by atoms with Crippen molar-refractivity contribution in [3.8, 4) is 0 Å². The first-order valence-corrected chi connectivity index (χ1v) is 5.46. The fourth-order valence-corrected chi connectivity index (χ4v) is 2.64. The van der Waals surface area contributed by atoms with E-state index in [1.165, 1.54) is 27.4 Å². The highest BCUT2D eigenvalue weighted by Gasteiger charge is 2.13. The first-order valence-electron chi connectivity index (χ1n) is 5.46. The molecule has 0 aliphatic carbocycles. The lowest BCUT2D eigenvalue weighted by molar-refractivity contribution is 0.893. The van der Waals surface area contributed by atoms with E-state index in [-0.39, 0.29) is 0 Å². The van der Waals surface area contributed by atoms with E-state index in [1.807, 2.05) is 12.4 Å². The van der Waals surface area contributed by atoms with Gasteiger partial charge in [-0.25, -0.2) is 0 Å². The zero-order valence-corrected chi connectivity index (χ0v) is 8.72.